The molecule has 0 fully saturated rings. The van der Waals surface area contributed by atoms with Crippen LogP contribution in [0.1, 0.15) is 459 Å². The van der Waals surface area contributed by atoms with Crippen molar-refractivity contribution in [2.45, 2.75) is 478 Å². The molecule has 0 radical (unpaired) electrons. The molecular weight excluding hydrogens is 1380 g/mol. The molecule has 0 aliphatic carbocycles. The molecule has 106 heavy (non-hydrogen) atoms. The minimum absolute atomic E-state index is 0.108. The zero-order valence-electron chi connectivity index (χ0n) is 69.9. The van der Waals surface area contributed by atoms with Gasteiger partial charge in [0.25, 0.3) is 0 Å². The van der Waals surface area contributed by atoms with Crippen LogP contribution in [-0.2, 0) is 65.4 Å². The van der Waals surface area contributed by atoms with Gasteiger partial charge in [0, 0.05) is 25.7 Å². The van der Waals surface area contributed by atoms with Crippen molar-refractivity contribution in [2.24, 2.45) is 17.8 Å². The summed E-state index contributed by atoms with van der Waals surface area (Å²) < 4.78 is 68.8. The molecule has 0 bridgehead atoms. The molecule has 7 atom stereocenters. The van der Waals surface area contributed by atoms with Gasteiger partial charge in [-0.1, -0.05) is 408 Å². The number of aliphatic hydroxyl groups is 1. The van der Waals surface area contributed by atoms with E-state index in [2.05, 4.69) is 48.5 Å². The molecule has 3 N–H and O–H groups in total. The van der Waals surface area contributed by atoms with E-state index < -0.39 is 97.5 Å². The lowest BCUT2D eigenvalue weighted by atomic mass is 9.99. The second-order valence-corrected chi connectivity index (χ2v) is 35.1. The van der Waals surface area contributed by atoms with Gasteiger partial charge in [-0.05, 0) is 43.4 Å². The molecule has 17 nitrogen and oxygen atoms in total. The van der Waals surface area contributed by atoms with Crippen molar-refractivity contribution in [3.8, 4) is 0 Å². The van der Waals surface area contributed by atoms with Crippen LogP contribution >= 0.6 is 15.6 Å². The van der Waals surface area contributed by atoms with Gasteiger partial charge in [-0.3, -0.25) is 37.3 Å². The highest BCUT2D eigenvalue weighted by molar-refractivity contribution is 7.47. The monoisotopic (exact) mass is 1550 g/mol. The van der Waals surface area contributed by atoms with Crippen LogP contribution in [0.25, 0.3) is 0 Å². The summed E-state index contributed by atoms with van der Waals surface area (Å²) in [5.74, 6) is 0.418. The summed E-state index contributed by atoms with van der Waals surface area (Å²) in [6.45, 7) is 12.1. The molecule has 0 saturated carbocycles. The molecule has 0 aliphatic heterocycles. The van der Waals surface area contributed by atoms with Crippen LogP contribution in [0.15, 0.2) is 0 Å². The average Bonchev–Trinajstić information content (AvgIpc) is 0.909. The number of unbranched alkanes of at least 4 members (excludes halogenated alkanes) is 51. The minimum atomic E-state index is -4.97. The first-order valence-electron chi connectivity index (χ1n) is 44.9. The maximum absolute atomic E-state index is 13.1. The summed E-state index contributed by atoms with van der Waals surface area (Å²) in [5, 5.41) is 10.7. The molecule has 630 valence electrons. The van der Waals surface area contributed by atoms with Crippen molar-refractivity contribution >= 4 is 39.5 Å². The fourth-order valence-corrected chi connectivity index (χ4v) is 15.1. The standard InChI is InChI=1S/C87H170O17P2/c1-8-11-12-13-14-47-54-61-68-84(89)97-74-82(103-86(91)71-64-57-50-43-37-31-25-24-28-34-40-46-53-60-67-80(7)10-3)76-101-105(93,94)99-72-81(88)73-100-106(95,96)102-77-83(75-98-85(90)69-62-55-48-41-35-29-23-19-20-26-32-38-44-51-58-65-78(4)5)104-87(92)70-63-56-49-42-36-30-22-18-16-15-17-21-27-33-39-45-52-59-66-79(6)9-2/h78-83,88H,8-77H2,1-7H3,(H,93,94)(H,95,96)/t79?,80?,81-,82+,83+/m0/s1. The summed E-state index contributed by atoms with van der Waals surface area (Å²) in [4.78, 5) is 73.2. The third kappa shape index (κ3) is 77.4. The van der Waals surface area contributed by atoms with Crippen LogP contribution in [0.4, 0.5) is 0 Å². The molecule has 0 heterocycles. The number of carbonyl (C=O) groups is 4. The molecule has 0 aromatic carbocycles. The van der Waals surface area contributed by atoms with Crippen molar-refractivity contribution in [1.82, 2.24) is 0 Å². The molecular formula is C87H170O17P2. The Balaban J connectivity index is 5.19. The van der Waals surface area contributed by atoms with E-state index >= 15 is 0 Å². The second kappa shape index (κ2) is 77.0. The number of phosphoric acid groups is 2. The highest BCUT2D eigenvalue weighted by Gasteiger charge is 2.31. The maximum Gasteiger partial charge on any atom is 0.472 e. The Morgan fingerprint density at radius 2 is 0.481 bits per heavy atom. The largest absolute Gasteiger partial charge is 0.472 e. The smallest absolute Gasteiger partial charge is 0.462 e. The predicted molar refractivity (Wildman–Crippen MR) is 437 cm³/mol. The van der Waals surface area contributed by atoms with Gasteiger partial charge in [0.15, 0.2) is 12.2 Å². The zero-order valence-corrected chi connectivity index (χ0v) is 71.7. The first-order chi connectivity index (χ1) is 51.3. The fourth-order valence-electron chi connectivity index (χ4n) is 13.5. The van der Waals surface area contributed by atoms with Crippen molar-refractivity contribution in [1.29, 1.82) is 0 Å². The predicted octanol–water partition coefficient (Wildman–Crippen LogP) is 26.5. The van der Waals surface area contributed by atoms with Crippen LogP contribution in [0.3, 0.4) is 0 Å². The van der Waals surface area contributed by atoms with Crippen LogP contribution in [0, 0.1) is 17.8 Å². The summed E-state index contributed by atoms with van der Waals surface area (Å²) in [5.41, 5.74) is 0. The van der Waals surface area contributed by atoms with Crippen molar-refractivity contribution in [3.05, 3.63) is 0 Å². The Labute approximate surface area is 651 Å². The SMILES string of the molecule is CCCCCCCCCCC(=O)OC[C@H](COP(=O)(O)OC[C@H](O)COP(=O)(O)OC[C@@H](COC(=O)CCCCCCCCCCCCCCCCCC(C)C)OC(=O)CCCCCCCCCCCCCCCCCCCCC(C)CC)OC(=O)CCCCCCCCCCCCCCCCC(C)CC. The van der Waals surface area contributed by atoms with Crippen molar-refractivity contribution in [2.75, 3.05) is 39.6 Å². The molecule has 4 unspecified atom stereocenters. The average molecular weight is 1550 g/mol. The van der Waals surface area contributed by atoms with Crippen LogP contribution in [0.2, 0.25) is 0 Å². The third-order valence-electron chi connectivity index (χ3n) is 21.1. The Morgan fingerprint density at radius 3 is 0.717 bits per heavy atom. The van der Waals surface area contributed by atoms with E-state index in [4.69, 9.17) is 37.0 Å². The van der Waals surface area contributed by atoms with Gasteiger partial charge in [0.1, 0.15) is 19.3 Å². The van der Waals surface area contributed by atoms with E-state index in [1.807, 2.05) is 0 Å². The molecule has 0 amide bonds. The van der Waals surface area contributed by atoms with Crippen molar-refractivity contribution in [3.63, 3.8) is 0 Å². The quantitative estimate of drug-likeness (QED) is 0.0222. The fraction of sp³-hybridized carbons (Fsp3) is 0.954. The lowest BCUT2D eigenvalue weighted by Crippen LogP contribution is -2.30. The lowest BCUT2D eigenvalue weighted by Gasteiger charge is -2.21. The van der Waals surface area contributed by atoms with E-state index in [1.165, 1.54) is 263 Å². The van der Waals surface area contributed by atoms with E-state index in [0.717, 1.165) is 114 Å². The normalized spacial score (nSPS) is 14.4. The third-order valence-corrected chi connectivity index (χ3v) is 23.0. The summed E-state index contributed by atoms with van der Waals surface area (Å²) >= 11 is 0. The topological polar surface area (TPSA) is 237 Å². The summed E-state index contributed by atoms with van der Waals surface area (Å²) in [7, 11) is -9.93. The highest BCUT2D eigenvalue weighted by Crippen LogP contribution is 2.45. The summed E-state index contributed by atoms with van der Waals surface area (Å²) in [6.07, 6.45) is 68.0. The van der Waals surface area contributed by atoms with Gasteiger partial charge >= 0.3 is 39.5 Å². The molecule has 0 aromatic heterocycles. The number of phosphoric ester groups is 2. The van der Waals surface area contributed by atoms with Gasteiger partial charge in [-0.15, -0.1) is 0 Å². The van der Waals surface area contributed by atoms with E-state index in [9.17, 15) is 43.2 Å². The molecule has 0 aromatic rings. The first kappa shape index (κ1) is 104. The number of carbonyl (C=O) groups excluding carboxylic acids is 4. The number of esters is 4. The van der Waals surface area contributed by atoms with E-state index in [-0.39, 0.29) is 25.7 Å². The van der Waals surface area contributed by atoms with Gasteiger partial charge in [-0.25, -0.2) is 9.13 Å². The molecule has 0 saturated heterocycles. The van der Waals surface area contributed by atoms with Crippen LogP contribution in [-0.4, -0.2) is 96.7 Å². The zero-order chi connectivity index (χ0) is 77.9. The van der Waals surface area contributed by atoms with Crippen LogP contribution < -0.4 is 0 Å². The van der Waals surface area contributed by atoms with Crippen LogP contribution in [0.5, 0.6) is 0 Å². The Bertz CT molecular complexity index is 2050. The summed E-state index contributed by atoms with van der Waals surface area (Å²) in [6, 6.07) is 0. The van der Waals surface area contributed by atoms with Crippen molar-refractivity contribution < 1.29 is 80.2 Å². The number of hydrogen-bond acceptors (Lipinski definition) is 15. The Kier molecular flexibility index (Phi) is 75.6. The molecule has 0 rings (SSSR count). The second-order valence-electron chi connectivity index (χ2n) is 32.2. The molecule has 19 heteroatoms. The molecule has 0 spiro atoms. The first-order valence-corrected chi connectivity index (χ1v) is 47.9. The number of rotatable bonds is 85. The Morgan fingerprint density at radius 1 is 0.274 bits per heavy atom. The number of ether oxygens (including phenoxy) is 4. The number of aliphatic hydroxyl groups excluding tert-OH is 1. The van der Waals surface area contributed by atoms with E-state index in [1.54, 1.807) is 0 Å². The van der Waals surface area contributed by atoms with E-state index in [0.29, 0.717) is 25.7 Å². The van der Waals surface area contributed by atoms with Gasteiger partial charge < -0.3 is 33.8 Å². The number of hydrogen-bond donors (Lipinski definition) is 3. The lowest BCUT2D eigenvalue weighted by molar-refractivity contribution is -0.161. The molecule has 0 aliphatic rings. The minimum Gasteiger partial charge on any atom is -0.462 e. The van der Waals surface area contributed by atoms with Gasteiger partial charge in [0.2, 0.25) is 0 Å². The highest BCUT2D eigenvalue weighted by atomic mass is 31.2. The van der Waals surface area contributed by atoms with Gasteiger partial charge in [0.05, 0.1) is 26.4 Å². The Hall–Kier alpha value is -1.94. The maximum atomic E-state index is 13.1. The van der Waals surface area contributed by atoms with Gasteiger partial charge in [-0.2, -0.15) is 0 Å².